The third-order valence-electron chi connectivity index (χ3n) is 3.46. The highest BCUT2D eigenvalue weighted by Crippen LogP contribution is 2.18. The average molecular weight is 302 g/mol. The van der Waals surface area contributed by atoms with Crippen LogP contribution in [0.15, 0.2) is 46.9 Å². The van der Waals surface area contributed by atoms with Gasteiger partial charge in [0.15, 0.2) is 0 Å². The number of aryl methyl sites for hydroxylation is 1. The largest absolute Gasteiger partial charge is 0.464 e. The van der Waals surface area contributed by atoms with Gasteiger partial charge in [-0.05, 0) is 38.0 Å². The van der Waals surface area contributed by atoms with Crippen LogP contribution in [0.3, 0.4) is 0 Å². The van der Waals surface area contributed by atoms with Gasteiger partial charge < -0.3 is 20.2 Å². The van der Waals surface area contributed by atoms with Crippen molar-refractivity contribution in [2.75, 3.05) is 6.61 Å². The summed E-state index contributed by atoms with van der Waals surface area (Å²) in [6, 6.07) is 12.6. The second-order valence-electron chi connectivity index (χ2n) is 5.26. The Morgan fingerprint density at radius 1 is 1.18 bits per heavy atom. The fraction of sp³-hybridized carbons (Fsp3) is 0.353. The molecule has 2 rings (SSSR count). The fourth-order valence-corrected chi connectivity index (χ4v) is 2.29. The summed E-state index contributed by atoms with van der Waals surface area (Å²) in [6.07, 6.45) is 0.464. The quantitative estimate of drug-likeness (QED) is 0.767. The fourth-order valence-electron chi connectivity index (χ4n) is 2.29. The van der Waals surface area contributed by atoms with Crippen molar-refractivity contribution < 1.29 is 14.3 Å². The monoisotopic (exact) mass is 302 g/mol. The number of urea groups is 1. The number of hydrogen-bond donors (Lipinski definition) is 3. The number of benzene rings is 1. The zero-order valence-corrected chi connectivity index (χ0v) is 12.9. The van der Waals surface area contributed by atoms with Crippen LogP contribution < -0.4 is 10.6 Å². The normalized spacial score (nSPS) is 13.4. The van der Waals surface area contributed by atoms with Gasteiger partial charge in [-0.2, -0.15) is 0 Å². The topological polar surface area (TPSA) is 74.5 Å². The molecule has 0 bridgehead atoms. The second kappa shape index (κ2) is 7.66. The minimum absolute atomic E-state index is 0.00672. The number of rotatable bonds is 6. The number of carbonyl (C=O) groups is 1. The molecule has 3 N–H and O–H groups in total. The van der Waals surface area contributed by atoms with Crippen LogP contribution in [0.2, 0.25) is 0 Å². The van der Waals surface area contributed by atoms with E-state index < -0.39 is 0 Å². The molecule has 0 saturated heterocycles. The molecule has 5 heteroatoms. The molecule has 0 saturated carbocycles. The molecule has 2 atom stereocenters. The Kier molecular flexibility index (Phi) is 5.61. The third kappa shape index (κ3) is 4.36. The second-order valence-corrected chi connectivity index (χ2v) is 5.26. The summed E-state index contributed by atoms with van der Waals surface area (Å²) in [7, 11) is 0. The minimum atomic E-state index is -0.288. The average Bonchev–Trinajstić information content (AvgIpc) is 2.94. The molecule has 2 amide bonds. The standard InChI is InChI=1S/C17H22N2O3/c1-12-8-9-16(22-12)13(2)18-17(21)19-15(10-11-20)14-6-4-3-5-7-14/h3-9,13,15,20H,10-11H2,1-2H3,(H2,18,19,21)/t13?,15-/m1/s1. The van der Waals surface area contributed by atoms with E-state index in [-0.39, 0.29) is 24.7 Å². The van der Waals surface area contributed by atoms with Gasteiger partial charge in [0.25, 0.3) is 0 Å². The summed E-state index contributed by atoms with van der Waals surface area (Å²) in [5.74, 6) is 1.53. The molecule has 5 nitrogen and oxygen atoms in total. The molecule has 22 heavy (non-hydrogen) atoms. The number of aliphatic hydroxyl groups excluding tert-OH is 1. The molecule has 0 aliphatic rings. The van der Waals surface area contributed by atoms with Gasteiger partial charge in [-0.1, -0.05) is 30.3 Å². The highest BCUT2D eigenvalue weighted by atomic mass is 16.3. The van der Waals surface area contributed by atoms with Crippen LogP contribution >= 0.6 is 0 Å². The van der Waals surface area contributed by atoms with Gasteiger partial charge in [0.1, 0.15) is 11.5 Å². The van der Waals surface area contributed by atoms with Gasteiger partial charge >= 0.3 is 6.03 Å². The van der Waals surface area contributed by atoms with Crippen LogP contribution in [0.5, 0.6) is 0 Å². The lowest BCUT2D eigenvalue weighted by Gasteiger charge is -2.20. The highest BCUT2D eigenvalue weighted by molar-refractivity contribution is 5.74. The summed E-state index contributed by atoms with van der Waals surface area (Å²) in [5, 5.41) is 14.9. The van der Waals surface area contributed by atoms with Crippen LogP contribution in [-0.4, -0.2) is 17.7 Å². The van der Waals surface area contributed by atoms with Gasteiger partial charge in [-0.3, -0.25) is 0 Å². The van der Waals surface area contributed by atoms with Crippen molar-refractivity contribution in [3.05, 3.63) is 59.5 Å². The van der Waals surface area contributed by atoms with E-state index in [4.69, 9.17) is 4.42 Å². The van der Waals surface area contributed by atoms with Crippen LogP contribution in [0.4, 0.5) is 4.79 Å². The molecular weight excluding hydrogens is 280 g/mol. The number of aliphatic hydroxyl groups is 1. The Hall–Kier alpha value is -2.27. The maximum Gasteiger partial charge on any atom is 0.315 e. The molecule has 0 spiro atoms. The number of amides is 2. The van der Waals surface area contributed by atoms with Gasteiger partial charge in [0, 0.05) is 6.61 Å². The van der Waals surface area contributed by atoms with E-state index in [1.54, 1.807) is 0 Å². The zero-order valence-electron chi connectivity index (χ0n) is 12.9. The first kappa shape index (κ1) is 16.1. The van der Waals surface area contributed by atoms with Gasteiger partial charge in [-0.15, -0.1) is 0 Å². The Labute approximate surface area is 130 Å². The van der Waals surface area contributed by atoms with Crippen LogP contribution in [-0.2, 0) is 0 Å². The Morgan fingerprint density at radius 3 is 2.50 bits per heavy atom. The molecule has 1 aromatic carbocycles. The molecule has 118 valence electrons. The van der Waals surface area contributed by atoms with Crippen LogP contribution in [0.1, 0.15) is 42.5 Å². The van der Waals surface area contributed by atoms with E-state index in [0.717, 1.165) is 11.3 Å². The summed E-state index contributed by atoms with van der Waals surface area (Å²) >= 11 is 0. The van der Waals surface area contributed by atoms with Gasteiger partial charge in [0.2, 0.25) is 0 Å². The number of carbonyl (C=O) groups excluding carboxylic acids is 1. The van der Waals surface area contributed by atoms with Crippen molar-refractivity contribution in [2.24, 2.45) is 0 Å². The van der Waals surface area contributed by atoms with Crippen LogP contribution in [0.25, 0.3) is 0 Å². The SMILES string of the molecule is Cc1ccc(C(C)NC(=O)N[C@H](CCO)c2ccccc2)o1. The van der Waals surface area contributed by atoms with E-state index in [0.29, 0.717) is 12.2 Å². The summed E-state index contributed by atoms with van der Waals surface area (Å²) in [5.41, 5.74) is 0.966. The Morgan fingerprint density at radius 2 is 1.91 bits per heavy atom. The van der Waals surface area contributed by atoms with Crippen molar-refractivity contribution in [1.29, 1.82) is 0 Å². The molecule has 0 radical (unpaired) electrons. The third-order valence-corrected chi connectivity index (χ3v) is 3.46. The van der Waals surface area contributed by atoms with E-state index in [1.807, 2.05) is 56.3 Å². The highest BCUT2D eigenvalue weighted by Gasteiger charge is 2.17. The molecule has 0 fully saturated rings. The molecule has 1 heterocycles. The van der Waals surface area contributed by atoms with E-state index in [9.17, 15) is 9.90 Å². The van der Waals surface area contributed by atoms with Crippen molar-refractivity contribution in [3.8, 4) is 0 Å². The molecule has 0 aliphatic heterocycles. The first-order valence-corrected chi connectivity index (χ1v) is 7.39. The van der Waals surface area contributed by atoms with E-state index in [2.05, 4.69) is 10.6 Å². The number of hydrogen-bond acceptors (Lipinski definition) is 3. The maximum absolute atomic E-state index is 12.1. The predicted octanol–water partition coefficient (Wildman–Crippen LogP) is 3.07. The lowest BCUT2D eigenvalue weighted by molar-refractivity contribution is 0.225. The number of furan rings is 1. The summed E-state index contributed by atoms with van der Waals surface area (Å²) < 4.78 is 5.50. The molecule has 2 aromatic rings. The van der Waals surface area contributed by atoms with Crippen molar-refractivity contribution in [2.45, 2.75) is 32.4 Å². The van der Waals surface area contributed by atoms with Gasteiger partial charge in [-0.25, -0.2) is 4.79 Å². The molecule has 1 aromatic heterocycles. The lowest BCUT2D eigenvalue weighted by atomic mass is 10.0. The van der Waals surface area contributed by atoms with Crippen molar-refractivity contribution in [3.63, 3.8) is 0 Å². The molecule has 1 unspecified atom stereocenters. The zero-order chi connectivity index (χ0) is 15.9. The lowest BCUT2D eigenvalue weighted by Crippen LogP contribution is -2.39. The van der Waals surface area contributed by atoms with Crippen molar-refractivity contribution >= 4 is 6.03 Å². The van der Waals surface area contributed by atoms with Crippen LogP contribution in [0, 0.1) is 6.92 Å². The van der Waals surface area contributed by atoms with E-state index in [1.165, 1.54) is 0 Å². The minimum Gasteiger partial charge on any atom is -0.464 e. The number of nitrogens with one attached hydrogen (secondary N) is 2. The molecule has 0 aliphatic carbocycles. The summed E-state index contributed by atoms with van der Waals surface area (Å²) in [6.45, 7) is 3.73. The van der Waals surface area contributed by atoms with E-state index >= 15 is 0 Å². The maximum atomic E-state index is 12.1. The predicted molar refractivity (Wildman–Crippen MR) is 84.4 cm³/mol. The first-order chi connectivity index (χ1) is 10.6. The first-order valence-electron chi connectivity index (χ1n) is 7.39. The summed E-state index contributed by atoms with van der Waals surface area (Å²) in [4.78, 5) is 12.1. The van der Waals surface area contributed by atoms with Crippen molar-refractivity contribution in [1.82, 2.24) is 10.6 Å². The van der Waals surface area contributed by atoms with Gasteiger partial charge in [0.05, 0.1) is 12.1 Å². The Bertz CT molecular complexity index is 595. The molecular formula is C17H22N2O3. The Balaban J connectivity index is 1.96. The smallest absolute Gasteiger partial charge is 0.315 e.